The maximum absolute atomic E-state index is 11.9. The Bertz CT molecular complexity index is 629. The molecule has 2 unspecified atom stereocenters. The maximum Gasteiger partial charge on any atom is 0.177 e. The van der Waals surface area contributed by atoms with Crippen LogP contribution >= 0.6 is 15.9 Å². The Kier molecular flexibility index (Phi) is 3.18. The Balaban J connectivity index is 2.62. The highest BCUT2D eigenvalue weighted by Gasteiger charge is 2.59. The molecule has 4 nitrogen and oxygen atoms in total. The van der Waals surface area contributed by atoms with E-state index in [2.05, 4.69) is 15.9 Å². The van der Waals surface area contributed by atoms with Gasteiger partial charge in [-0.05, 0) is 5.56 Å². The first-order valence-electron chi connectivity index (χ1n) is 5.21. The minimum atomic E-state index is -3.48. The van der Waals surface area contributed by atoms with Gasteiger partial charge in [-0.1, -0.05) is 46.3 Å². The van der Waals surface area contributed by atoms with Crippen LogP contribution in [-0.2, 0) is 9.84 Å². The number of nitriles is 2. The van der Waals surface area contributed by atoms with Gasteiger partial charge in [-0.2, -0.15) is 10.5 Å². The molecule has 0 bridgehead atoms. The molecule has 2 atom stereocenters. The van der Waals surface area contributed by atoms with Crippen LogP contribution in [0.2, 0.25) is 0 Å². The van der Waals surface area contributed by atoms with Crippen molar-refractivity contribution in [2.75, 3.05) is 5.75 Å². The zero-order valence-corrected chi connectivity index (χ0v) is 11.6. The van der Waals surface area contributed by atoms with E-state index in [1.54, 1.807) is 30.3 Å². The third-order valence-corrected chi connectivity index (χ3v) is 7.43. The van der Waals surface area contributed by atoms with E-state index < -0.39 is 25.3 Å². The van der Waals surface area contributed by atoms with Gasteiger partial charge in [-0.3, -0.25) is 0 Å². The summed E-state index contributed by atoms with van der Waals surface area (Å²) in [6.07, 6.45) is 0. The van der Waals surface area contributed by atoms with Crippen molar-refractivity contribution in [1.82, 2.24) is 0 Å². The molecule has 2 rings (SSSR count). The first-order chi connectivity index (χ1) is 8.48. The first-order valence-corrected chi connectivity index (χ1v) is 7.84. The van der Waals surface area contributed by atoms with E-state index in [0.717, 1.165) is 0 Å². The SMILES string of the molecule is N#CC1(C#N)C(c2ccccc2)CS(=O)(=O)C1Br. The van der Waals surface area contributed by atoms with E-state index in [0.29, 0.717) is 5.56 Å². The Morgan fingerprint density at radius 3 is 2.28 bits per heavy atom. The van der Waals surface area contributed by atoms with Gasteiger partial charge in [-0.25, -0.2) is 8.42 Å². The summed E-state index contributed by atoms with van der Waals surface area (Å²) in [6.45, 7) is 0. The topological polar surface area (TPSA) is 81.7 Å². The van der Waals surface area contributed by atoms with E-state index in [1.807, 2.05) is 12.1 Å². The molecule has 1 aliphatic rings. The van der Waals surface area contributed by atoms with Crippen LogP contribution in [0.1, 0.15) is 11.5 Å². The van der Waals surface area contributed by atoms with Crippen molar-refractivity contribution in [3.63, 3.8) is 0 Å². The number of benzene rings is 1. The fraction of sp³-hybridized carbons (Fsp3) is 0.333. The molecule has 0 spiro atoms. The summed E-state index contributed by atoms with van der Waals surface area (Å²) in [7, 11) is -3.48. The van der Waals surface area contributed by atoms with Crippen molar-refractivity contribution < 1.29 is 8.42 Å². The summed E-state index contributed by atoms with van der Waals surface area (Å²) >= 11 is 3.01. The van der Waals surface area contributed by atoms with Gasteiger partial charge in [0.05, 0.1) is 17.9 Å². The van der Waals surface area contributed by atoms with Gasteiger partial charge in [0.15, 0.2) is 15.3 Å². The first kappa shape index (κ1) is 13.1. The summed E-state index contributed by atoms with van der Waals surface area (Å²) in [5.41, 5.74) is -0.869. The van der Waals surface area contributed by atoms with Crippen molar-refractivity contribution in [2.24, 2.45) is 5.41 Å². The van der Waals surface area contributed by atoms with Crippen LogP contribution in [0.5, 0.6) is 0 Å². The summed E-state index contributed by atoms with van der Waals surface area (Å²) in [5, 5.41) is 18.6. The number of rotatable bonds is 1. The second-order valence-electron chi connectivity index (χ2n) is 4.20. The summed E-state index contributed by atoms with van der Waals surface area (Å²) in [4.78, 5) is 0. The molecule has 1 saturated heterocycles. The standard InChI is InChI=1S/C12H9BrN2O2S/c13-11-12(7-14,8-15)10(6-18(11,16)17)9-4-2-1-3-5-9/h1-5,10-11H,6H2. The molecular formula is C12H9BrN2O2S. The summed E-state index contributed by atoms with van der Waals surface area (Å²) in [5.74, 6) is -0.809. The van der Waals surface area contributed by atoms with E-state index in [1.165, 1.54) is 0 Å². The van der Waals surface area contributed by atoms with Gasteiger partial charge in [0, 0.05) is 5.92 Å². The minimum Gasteiger partial charge on any atom is -0.228 e. The largest absolute Gasteiger partial charge is 0.228 e. The third-order valence-electron chi connectivity index (χ3n) is 3.19. The van der Waals surface area contributed by atoms with Crippen molar-refractivity contribution >= 4 is 25.8 Å². The molecule has 1 heterocycles. The van der Waals surface area contributed by atoms with Gasteiger partial charge in [0.2, 0.25) is 0 Å². The molecule has 0 saturated carbocycles. The van der Waals surface area contributed by atoms with Crippen LogP contribution < -0.4 is 0 Å². The van der Waals surface area contributed by atoms with Crippen LogP contribution in [-0.4, -0.2) is 18.3 Å². The molecule has 1 aliphatic heterocycles. The van der Waals surface area contributed by atoms with Gasteiger partial charge in [0.25, 0.3) is 0 Å². The molecule has 0 amide bonds. The average Bonchev–Trinajstić information content (AvgIpc) is 2.60. The van der Waals surface area contributed by atoms with Crippen molar-refractivity contribution in [1.29, 1.82) is 10.5 Å². The Hall–Kier alpha value is -1.37. The predicted octanol–water partition coefficient (Wildman–Crippen LogP) is 1.95. The average molecular weight is 325 g/mol. The minimum absolute atomic E-state index is 0.186. The predicted molar refractivity (Wildman–Crippen MR) is 69.3 cm³/mol. The molecule has 92 valence electrons. The lowest BCUT2D eigenvalue weighted by Gasteiger charge is -2.22. The van der Waals surface area contributed by atoms with Crippen LogP contribution in [0, 0.1) is 28.1 Å². The number of alkyl halides is 1. The Morgan fingerprint density at radius 1 is 1.22 bits per heavy atom. The lowest BCUT2D eigenvalue weighted by molar-refractivity contribution is 0.503. The van der Waals surface area contributed by atoms with E-state index in [9.17, 15) is 18.9 Å². The van der Waals surface area contributed by atoms with Gasteiger partial charge >= 0.3 is 0 Å². The second-order valence-corrected chi connectivity index (χ2v) is 7.85. The number of hydrogen-bond donors (Lipinski definition) is 0. The molecule has 6 heteroatoms. The van der Waals surface area contributed by atoms with Crippen molar-refractivity contribution in [3.8, 4) is 12.1 Å². The zero-order valence-electron chi connectivity index (χ0n) is 9.25. The smallest absolute Gasteiger partial charge is 0.177 e. The number of hydrogen-bond acceptors (Lipinski definition) is 4. The molecule has 1 aromatic rings. The highest BCUT2D eigenvalue weighted by atomic mass is 79.9. The third kappa shape index (κ3) is 1.73. The van der Waals surface area contributed by atoms with E-state index in [-0.39, 0.29) is 5.75 Å². The fourth-order valence-electron chi connectivity index (χ4n) is 2.22. The van der Waals surface area contributed by atoms with Crippen molar-refractivity contribution in [3.05, 3.63) is 35.9 Å². The Morgan fingerprint density at radius 2 is 1.78 bits per heavy atom. The highest BCUT2D eigenvalue weighted by Crippen LogP contribution is 2.50. The molecule has 0 radical (unpaired) electrons. The lowest BCUT2D eigenvalue weighted by Crippen LogP contribution is -2.30. The molecule has 0 aliphatic carbocycles. The van der Waals surface area contributed by atoms with Gasteiger partial charge < -0.3 is 0 Å². The number of halogens is 1. The Labute approximate surface area is 114 Å². The van der Waals surface area contributed by atoms with Crippen LogP contribution in [0.4, 0.5) is 0 Å². The van der Waals surface area contributed by atoms with Crippen LogP contribution in [0.25, 0.3) is 0 Å². The summed E-state index contributed by atoms with van der Waals surface area (Å²) in [6, 6.07) is 12.6. The lowest BCUT2D eigenvalue weighted by atomic mass is 9.77. The summed E-state index contributed by atoms with van der Waals surface area (Å²) < 4.78 is 22.7. The monoisotopic (exact) mass is 324 g/mol. The van der Waals surface area contributed by atoms with Gasteiger partial charge in [-0.15, -0.1) is 0 Å². The second kappa shape index (κ2) is 4.38. The van der Waals surface area contributed by atoms with Crippen molar-refractivity contribution in [2.45, 2.75) is 10.1 Å². The molecule has 18 heavy (non-hydrogen) atoms. The fourth-order valence-corrected chi connectivity index (χ4v) is 5.12. The molecular weight excluding hydrogens is 316 g/mol. The zero-order chi connectivity index (χ0) is 13.4. The van der Waals surface area contributed by atoms with E-state index in [4.69, 9.17) is 0 Å². The molecule has 0 aromatic heterocycles. The maximum atomic E-state index is 11.9. The molecule has 1 fully saturated rings. The van der Waals surface area contributed by atoms with E-state index >= 15 is 0 Å². The molecule has 0 N–H and O–H groups in total. The highest BCUT2D eigenvalue weighted by molar-refractivity contribution is 9.11. The van der Waals surface area contributed by atoms with Gasteiger partial charge in [0.1, 0.15) is 4.16 Å². The van der Waals surface area contributed by atoms with Crippen LogP contribution in [0.3, 0.4) is 0 Å². The quantitative estimate of drug-likeness (QED) is 0.739. The normalized spacial score (nSPS) is 28.2. The number of nitrogens with zero attached hydrogens (tertiary/aromatic N) is 2. The van der Waals surface area contributed by atoms with Crippen LogP contribution in [0.15, 0.2) is 30.3 Å². The molecule has 1 aromatic carbocycles. The number of sulfone groups is 1.